The Morgan fingerprint density at radius 1 is 1.61 bits per heavy atom. The molecular weight excluding hydrogens is 268 g/mol. The van der Waals surface area contributed by atoms with Gasteiger partial charge in [0.05, 0.1) is 5.54 Å². The average Bonchev–Trinajstić information content (AvgIpc) is 2.81. The molecule has 1 aromatic rings. The molecule has 18 heavy (non-hydrogen) atoms. The molecule has 3 N–H and O–H groups in total. The molecule has 0 aliphatic heterocycles. The number of nitrogens with one attached hydrogen (secondary N) is 1. The quantitative estimate of drug-likeness (QED) is 0.533. The van der Waals surface area contributed by atoms with Crippen molar-refractivity contribution in [3.63, 3.8) is 0 Å². The van der Waals surface area contributed by atoms with Gasteiger partial charge >= 0.3 is 0 Å². The molecule has 1 rings (SSSR count). The van der Waals surface area contributed by atoms with E-state index < -0.39 is 5.54 Å². The number of nitrogens with zero attached hydrogens (tertiary/aromatic N) is 2. The van der Waals surface area contributed by atoms with Crippen LogP contribution in [0.5, 0.6) is 0 Å². The summed E-state index contributed by atoms with van der Waals surface area (Å²) in [6, 6.07) is 0. The van der Waals surface area contributed by atoms with Crippen LogP contribution in [0.25, 0.3) is 0 Å². The second-order valence-electron chi connectivity index (χ2n) is 4.24. The second kappa shape index (κ2) is 7.70. The van der Waals surface area contributed by atoms with E-state index in [1.807, 2.05) is 13.8 Å². The van der Waals surface area contributed by atoms with E-state index in [1.165, 1.54) is 0 Å². The lowest BCUT2D eigenvalue weighted by molar-refractivity contribution is -0.124. The van der Waals surface area contributed by atoms with E-state index >= 15 is 0 Å². The molecule has 7 heteroatoms. The first-order chi connectivity index (χ1) is 8.58. The van der Waals surface area contributed by atoms with Gasteiger partial charge in [0.2, 0.25) is 5.91 Å². The Hall–Kier alpha value is -0.660. The lowest BCUT2D eigenvalue weighted by atomic mass is 9.94. The molecule has 102 valence electrons. The Morgan fingerprint density at radius 2 is 2.39 bits per heavy atom. The van der Waals surface area contributed by atoms with E-state index in [4.69, 9.17) is 5.73 Å². The topological polar surface area (TPSA) is 80.9 Å². The number of hydrogen-bond acceptors (Lipinski definition) is 6. The Kier molecular flexibility index (Phi) is 6.59. The summed E-state index contributed by atoms with van der Waals surface area (Å²) in [5.41, 5.74) is 6.58. The lowest BCUT2D eigenvalue weighted by Crippen LogP contribution is -2.52. The third-order valence-corrected chi connectivity index (χ3v) is 4.69. The Labute approximate surface area is 116 Å². The number of thioether (sulfide) groups is 1. The highest BCUT2D eigenvalue weighted by Gasteiger charge is 2.28. The molecule has 0 fully saturated rings. The van der Waals surface area contributed by atoms with Crippen LogP contribution in [0.2, 0.25) is 0 Å². The minimum Gasteiger partial charge on any atom is -0.368 e. The summed E-state index contributed by atoms with van der Waals surface area (Å²) in [7, 11) is 0. The van der Waals surface area contributed by atoms with Crippen LogP contribution in [-0.4, -0.2) is 33.9 Å². The molecule has 5 nitrogen and oxygen atoms in total. The maximum absolute atomic E-state index is 11.4. The van der Waals surface area contributed by atoms with Crippen molar-refractivity contribution in [1.29, 1.82) is 0 Å². The monoisotopic (exact) mass is 288 g/mol. The molecule has 0 bridgehead atoms. The molecule has 0 saturated heterocycles. The first-order valence-electron chi connectivity index (χ1n) is 6.02. The van der Waals surface area contributed by atoms with Crippen molar-refractivity contribution in [2.45, 2.75) is 43.0 Å². The van der Waals surface area contributed by atoms with Crippen molar-refractivity contribution in [1.82, 2.24) is 15.5 Å². The zero-order chi connectivity index (χ0) is 13.4. The van der Waals surface area contributed by atoms with E-state index in [-0.39, 0.29) is 5.91 Å². The van der Waals surface area contributed by atoms with Gasteiger partial charge in [0.1, 0.15) is 5.51 Å². The Bertz CT molecular complexity index is 358. The van der Waals surface area contributed by atoms with Crippen LogP contribution in [0.1, 0.15) is 33.1 Å². The van der Waals surface area contributed by atoms with Gasteiger partial charge in [0, 0.05) is 5.75 Å². The Morgan fingerprint density at radius 3 is 2.94 bits per heavy atom. The van der Waals surface area contributed by atoms with Gasteiger partial charge in [-0.05, 0) is 26.3 Å². The van der Waals surface area contributed by atoms with Crippen LogP contribution >= 0.6 is 23.1 Å². The molecule has 0 spiro atoms. The van der Waals surface area contributed by atoms with Crippen LogP contribution in [0.4, 0.5) is 0 Å². The van der Waals surface area contributed by atoms with Gasteiger partial charge in [-0.1, -0.05) is 36.4 Å². The summed E-state index contributed by atoms with van der Waals surface area (Å²) < 4.78 is 0.999. The minimum atomic E-state index is -0.581. The molecule has 1 atom stereocenters. The van der Waals surface area contributed by atoms with Crippen LogP contribution in [0, 0.1) is 0 Å². The van der Waals surface area contributed by atoms with Crippen LogP contribution in [0.3, 0.4) is 0 Å². The van der Waals surface area contributed by atoms with Gasteiger partial charge < -0.3 is 11.1 Å². The first kappa shape index (κ1) is 15.4. The van der Waals surface area contributed by atoms with Gasteiger partial charge in [-0.2, -0.15) is 0 Å². The summed E-state index contributed by atoms with van der Waals surface area (Å²) in [5.74, 6) is 0.719. The van der Waals surface area contributed by atoms with Gasteiger partial charge in [0.15, 0.2) is 4.34 Å². The van der Waals surface area contributed by atoms with Gasteiger partial charge in [-0.15, -0.1) is 10.2 Å². The third-order valence-electron chi connectivity index (χ3n) is 2.75. The average molecular weight is 288 g/mol. The fraction of sp³-hybridized carbons (Fsp3) is 0.727. The largest absolute Gasteiger partial charge is 0.368 e. The molecule has 0 aliphatic rings. The maximum atomic E-state index is 11.4. The lowest BCUT2D eigenvalue weighted by Gasteiger charge is -2.26. The Balaban J connectivity index is 2.21. The second-order valence-corrected chi connectivity index (χ2v) is 6.41. The molecule has 0 aliphatic carbocycles. The molecule has 1 heterocycles. The van der Waals surface area contributed by atoms with Gasteiger partial charge in [-0.3, -0.25) is 4.79 Å². The third kappa shape index (κ3) is 4.91. The molecule has 0 saturated carbocycles. The molecule has 0 radical (unpaired) electrons. The predicted molar refractivity (Wildman–Crippen MR) is 75.8 cm³/mol. The van der Waals surface area contributed by atoms with Crippen molar-refractivity contribution in [2.24, 2.45) is 5.73 Å². The highest BCUT2D eigenvalue weighted by atomic mass is 32.2. The fourth-order valence-corrected chi connectivity index (χ4v) is 3.21. The number of unbranched alkanes of at least 4 members (excludes halogenated alkanes) is 1. The smallest absolute Gasteiger partial charge is 0.237 e. The van der Waals surface area contributed by atoms with E-state index in [9.17, 15) is 4.79 Å². The fourth-order valence-electron chi connectivity index (χ4n) is 1.65. The standard InChI is InChI=1S/C11H20N4OS2/c1-3-13-11(2,9(12)16)6-4-5-7-17-10-15-14-8-18-10/h8,13H,3-7H2,1-2H3,(H2,12,16). The molecule has 1 aromatic heterocycles. The van der Waals surface area contributed by atoms with Crippen molar-refractivity contribution in [2.75, 3.05) is 12.3 Å². The maximum Gasteiger partial charge on any atom is 0.237 e. The van der Waals surface area contributed by atoms with Crippen molar-refractivity contribution >= 4 is 29.0 Å². The normalized spacial score (nSPS) is 14.3. The molecular formula is C11H20N4OS2. The van der Waals surface area contributed by atoms with E-state index in [0.717, 1.165) is 35.9 Å². The number of rotatable bonds is 9. The number of nitrogens with two attached hydrogens (primary N) is 1. The number of primary amides is 1. The van der Waals surface area contributed by atoms with Crippen molar-refractivity contribution in [3.05, 3.63) is 5.51 Å². The minimum absolute atomic E-state index is 0.277. The van der Waals surface area contributed by atoms with E-state index in [0.29, 0.717) is 0 Å². The molecule has 0 aromatic carbocycles. The van der Waals surface area contributed by atoms with Crippen LogP contribution < -0.4 is 11.1 Å². The molecule has 1 amide bonds. The van der Waals surface area contributed by atoms with Crippen molar-refractivity contribution in [3.8, 4) is 0 Å². The van der Waals surface area contributed by atoms with E-state index in [1.54, 1.807) is 28.6 Å². The van der Waals surface area contributed by atoms with Gasteiger partial charge in [-0.25, -0.2) is 0 Å². The zero-order valence-corrected chi connectivity index (χ0v) is 12.4. The number of likely N-dealkylation sites (N-methyl/N-ethyl adjacent to an activating group) is 1. The van der Waals surface area contributed by atoms with Crippen LogP contribution in [0.15, 0.2) is 9.85 Å². The highest BCUT2D eigenvalue weighted by molar-refractivity contribution is 8.00. The molecule has 1 unspecified atom stereocenters. The number of aromatic nitrogens is 2. The summed E-state index contributed by atoms with van der Waals surface area (Å²) in [6.07, 6.45) is 2.78. The number of hydrogen-bond donors (Lipinski definition) is 2. The van der Waals surface area contributed by atoms with Gasteiger partial charge in [0.25, 0.3) is 0 Å². The zero-order valence-electron chi connectivity index (χ0n) is 10.8. The number of carbonyl (C=O) groups is 1. The summed E-state index contributed by atoms with van der Waals surface area (Å²) >= 11 is 3.26. The first-order valence-corrected chi connectivity index (χ1v) is 7.89. The van der Waals surface area contributed by atoms with Crippen LogP contribution in [-0.2, 0) is 4.79 Å². The number of carbonyl (C=O) groups excluding carboxylic acids is 1. The highest BCUT2D eigenvalue weighted by Crippen LogP contribution is 2.21. The summed E-state index contributed by atoms with van der Waals surface area (Å²) in [4.78, 5) is 11.4. The van der Waals surface area contributed by atoms with Crippen molar-refractivity contribution < 1.29 is 4.79 Å². The summed E-state index contributed by atoms with van der Waals surface area (Å²) in [6.45, 7) is 4.60. The number of amides is 1. The predicted octanol–water partition coefficient (Wildman–Crippen LogP) is 1.65. The SMILES string of the molecule is CCNC(C)(CCCCSc1nncs1)C(N)=O. The van der Waals surface area contributed by atoms with E-state index in [2.05, 4.69) is 15.5 Å². The summed E-state index contributed by atoms with van der Waals surface area (Å²) in [5, 5.41) is 10.9.